The molecule has 0 amide bonds. The van der Waals surface area contributed by atoms with Crippen LogP contribution in [0.2, 0.25) is 0 Å². The van der Waals surface area contributed by atoms with Crippen molar-refractivity contribution in [2.45, 2.75) is 64.6 Å². The van der Waals surface area contributed by atoms with E-state index in [1.165, 1.54) is 44.1 Å². The molecule has 0 atom stereocenters. The zero-order valence-electron chi connectivity index (χ0n) is 11.9. The van der Waals surface area contributed by atoms with Gasteiger partial charge in [-0.15, -0.1) is 0 Å². The molecule has 2 aliphatic rings. The van der Waals surface area contributed by atoms with Crippen molar-refractivity contribution in [2.24, 2.45) is 5.92 Å². The van der Waals surface area contributed by atoms with Gasteiger partial charge in [0.15, 0.2) is 0 Å². The van der Waals surface area contributed by atoms with E-state index >= 15 is 0 Å². The third-order valence-corrected chi connectivity index (χ3v) is 4.27. The number of hydrogen-bond acceptors (Lipinski definition) is 3. The number of aryl methyl sites for hydroxylation is 1. The Hall–Kier alpha value is -0.800. The average molecular weight is 263 g/mol. The van der Waals surface area contributed by atoms with E-state index in [9.17, 15) is 0 Å². The van der Waals surface area contributed by atoms with Crippen LogP contribution in [-0.2, 0) is 17.9 Å². The lowest BCUT2D eigenvalue weighted by molar-refractivity contribution is 0.0764. The second-order valence-corrected chi connectivity index (χ2v) is 6.14. The Labute approximate surface area is 115 Å². The monoisotopic (exact) mass is 263 g/mol. The van der Waals surface area contributed by atoms with Gasteiger partial charge < -0.3 is 14.5 Å². The second-order valence-electron chi connectivity index (χ2n) is 6.14. The lowest BCUT2D eigenvalue weighted by Gasteiger charge is -2.08. The van der Waals surface area contributed by atoms with Crippen molar-refractivity contribution < 1.29 is 9.15 Å². The van der Waals surface area contributed by atoms with Gasteiger partial charge in [0.1, 0.15) is 18.1 Å². The van der Waals surface area contributed by atoms with Gasteiger partial charge in [-0.3, -0.25) is 0 Å². The number of rotatable bonds is 7. The van der Waals surface area contributed by atoms with Crippen LogP contribution in [0.1, 0.15) is 55.6 Å². The summed E-state index contributed by atoms with van der Waals surface area (Å²) in [5.74, 6) is 2.83. The van der Waals surface area contributed by atoms with Crippen molar-refractivity contribution >= 4 is 0 Å². The molecule has 3 nitrogen and oxygen atoms in total. The summed E-state index contributed by atoms with van der Waals surface area (Å²) in [7, 11) is 0. The highest BCUT2D eigenvalue weighted by molar-refractivity contribution is 5.19. The molecule has 106 valence electrons. The highest BCUT2D eigenvalue weighted by Gasteiger charge is 2.21. The van der Waals surface area contributed by atoms with E-state index in [4.69, 9.17) is 9.15 Å². The third-order valence-electron chi connectivity index (χ3n) is 4.27. The van der Waals surface area contributed by atoms with Crippen LogP contribution < -0.4 is 5.32 Å². The van der Waals surface area contributed by atoms with Gasteiger partial charge in [0.2, 0.25) is 0 Å². The topological polar surface area (TPSA) is 34.4 Å². The Kier molecular flexibility index (Phi) is 4.24. The Morgan fingerprint density at radius 1 is 1.26 bits per heavy atom. The van der Waals surface area contributed by atoms with E-state index in [2.05, 4.69) is 18.3 Å². The van der Waals surface area contributed by atoms with Crippen LogP contribution in [0.3, 0.4) is 0 Å². The van der Waals surface area contributed by atoms with Gasteiger partial charge in [-0.05, 0) is 50.2 Å². The minimum Gasteiger partial charge on any atom is -0.462 e. The van der Waals surface area contributed by atoms with E-state index in [-0.39, 0.29) is 0 Å². The molecule has 0 bridgehead atoms. The zero-order chi connectivity index (χ0) is 13.1. The van der Waals surface area contributed by atoms with Gasteiger partial charge in [0.05, 0.1) is 6.54 Å². The molecular formula is C16H25NO2. The number of hydrogen-bond donors (Lipinski definition) is 1. The Morgan fingerprint density at radius 2 is 2.05 bits per heavy atom. The normalized spacial score (nSPS) is 20.3. The maximum Gasteiger partial charge on any atom is 0.130 e. The van der Waals surface area contributed by atoms with Crippen molar-refractivity contribution in [3.8, 4) is 0 Å². The molecule has 3 heteroatoms. The van der Waals surface area contributed by atoms with Crippen LogP contribution in [0.4, 0.5) is 0 Å². The molecule has 19 heavy (non-hydrogen) atoms. The molecule has 1 aromatic rings. The van der Waals surface area contributed by atoms with E-state index < -0.39 is 0 Å². The predicted molar refractivity (Wildman–Crippen MR) is 74.9 cm³/mol. The summed E-state index contributed by atoms with van der Waals surface area (Å²) in [5.41, 5.74) is 1.24. The molecule has 0 spiro atoms. The Morgan fingerprint density at radius 3 is 2.79 bits per heavy atom. The first-order valence-electron chi connectivity index (χ1n) is 7.70. The van der Waals surface area contributed by atoms with Crippen molar-refractivity contribution in [3.63, 3.8) is 0 Å². The molecule has 0 aromatic carbocycles. The fourth-order valence-electron chi connectivity index (χ4n) is 2.86. The third kappa shape index (κ3) is 3.83. The highest BCUT2D eigenvalue weighted by Crippen LogP contribution is 2.25. The molecule has 0 radical (unpaired) electrons. The molecule has 1 aromatic heterocycles. The van der Waals surface area contributed by atoms with E-state index in [1.54, 1.807) is 0 Å². The summed E-state index contributed by atoms with van der Waals surface area (Å²) in [4.78, 5) is 0. The SMILES string of the molecule is Cc1cc(COCC2CCCC2)oc1CNC1CC1. The van der Waals surface area contributed by atoms with Crippen LogP contribution in [0, 0.1) is 12.8 Å². The number of nitrogens with one attached hydrogen (secondary N) is 1. The lowest BCUT2D eigenvalue weighted by atomic mass is 10.1. The quantitative estimate of drug-likeness (QED) is 0.817. The predicted octanol–water partition coefficient (Wildman–Crippen LogP) is 3.55. The first-order valence-corrected chi connectivity index (χ1v) is 7.70. The molecule has 2 aliphatic carbocycles. The Bertz CT molecular complexity index is 403. The molecule has 2 fully saturated rings. The summed E-state index contributed by atoms with van der Waals surface area (Å²) in [6.07, 6.45) is 8.07. The number of ether oxygens (including phenoxy) is 1. The first-order chi connectivity index (χ1) is 9.31. The average Bonchev–Trinajstić information content (AvgIpc) is 2.95. The first kappa shape index (κ1) is 13.2. The maximum atomic E-state index is 5.87. The maximum absolute atomic E-state index is 5.87. The van der Waals surface area contributed by atoms with Gasteiger partial charge in [0, 0.05) is 12.6 Å². The van der Waals surface area contributed by atoms with Crippen molar-refractivity contribution in [1.82, 2.24) is 5.32 Å². The van der Waals surface area contributed by atoms with Gasteiger partial charge >= 0.3 is 0 Å². The van der Waals surface area contributed by atoms with Crippen molar-refractivity contribution in [3.05, 3.63) is 23.2 Å². The van der Waals surface area contributed by atoms with Crippen LogP contribution in [0.15, 0.2) is 10.5 Å². The van der Waals surface area contributed by atoms with Gasteiger partial charge in [-0.1, -0.05) is 12.8 Å². The number of furan rings is 1. The smallest absolute Gasteiger partial charge is 0.130 e. The molecule has 0 unspecified atom stereocenters. The molecule has 2 saturated carbocycles. The summed E-state index contributed by atoms with van der Waals surface area (Å²) in [6, 6.07) is 2.85. The second kappa shape index (κ2) is 6.10. The molecule has 3 rings (SSSR count). The van der Waals surface area contributed by atoms with E-state index in [0.29, 0.717) is 6.61 Å². The van der Waals surface area contributed by atoms with Crippen LogP contribution in [0.5, 0.6) is 0 Å². The molecule has 1 heterocycles. The van der Waals surface area contributed by atoms with E-state index in [1.807, 2.05) is 0 Å². The van der Waals surface area contributed by atoms with Crippen molar-refractivity contribution in [2.75, 3.05) is 6.61 Å². The van der Waals surface area contributed by atoms with E-state index in [0.717, 1.165) is 36.6 Å². The largest absolute Gasteiger partial charge is 0.462 e. The highest BCUT2D eigenvalue weighted by atomic mass is 16.5. The Balaban J connectivity index is 1.43. The van der Waals surface area contributed by atoms with Gasteiger partial charge in [-0.2, -0.15) is 0 Å². The van der Waals surface area contributed by atoms with Crippen molar-refractivity contribution in [1.29, 1.82) is 0 Å². The lowest BCUT2D eigenvalue weighted by Crippen LogP contribution is -2.15. The zero-order valence-corrected chi connectivity index (χ0v) is 11.9. The van der Waals surface area contributed by atoms with Crippen LogP contribution in [-0.4, -0.2) is 12.6 Å². The summed E-state index contributed by atoms with van der Waals surface area (Å²) < 4.78 is 11.7. The van der Waals surface area contributed by atoms with Crippen LogP contribution >= 0.6 is 0 Å². The van der Waals surface area contributed by atoms with Gasteiger partial charge in [0.25, 0.3) is 0 Å². The summed E-state index contributed by atoms with van der Waals surface area (Å²) in [6.45, 7) is 4.50. The van der Waals surface area contributed by atoms with Gasteiger partial charge in [-0.25, -0.2) is 0 Å². The molecule has 0 saturated heterocycles. The fraction of sp³-hybridized carbons (Fsp3) is 0.750. The minimum atomic E-state index is 0.626. The summed E-state index contributed by atoms with van der Waals surface area (Å²) in [5, 5.41) is 3.49. The standard InChI is InChI=1S/C16H25NO2/c1-12-8-15(11-18-10-13-4-2-3-5-13)19-16(12)9-17-14-6-7-14/h8,13-14,17H,2-7,9-11H2,1H3. The minimum absolute atomic E-state index is 0.626. The van der Waals surface area contributed by atoms with Crippen LogP contribution in [0.25, 0.3) is 0 Å². The molecule has 0 aliphatic heterocycles. The molecular weight excluding hydrogens is 238 g/mol. The fourth-order valence-corrected chi connectivity index (χ4v) is 2.86. The molecule has 1 N–H and O–H groups in total. The summed E-state index contributed by atoms with van der Waals surface area (Å²) >= 11 is 0.